The molecule has 0 aliphatic heterocycles. The number of rotatable bonds is 4. The van der Waals surface area contributed by atoms with Crippen LogP contribution in [0.5, 0.6) is 0 Å². The van der Waals surface area contributed by atoms with Crippen LogP contribution in [-0.4, -0.2) is 24.4 Å². The Kier molecular flexibility index (Phi) is 3.61. The van der Waals surface area contributed by atoms with Crippen molar-refractivity contribution in [2.24, 2.45) is 0 Å². The fourth-order valence-electron chi connectivity index (χ4n) is 1.46. The summed E-state index contributed by atoms with van der Waals surface area (Å²) in [5, 5.41) is 0. The molecule has 1 heterocycles. The van der Waals surface area contributed by atoms with E-state index in [4.69, 9.17) is 0 Å². The number of nitrogens with zero attached hydrogens (tertiary/aromatic N) is 2. The topological polar surface area (TPSA) is 33.2 Å². The molecular weight excluding hydrogens is 188 g/mol. The van der Waals surface area contributed by atoms with Gasteiger partial charge in [-0.2, -0.15) is 0 Å². The summed E-state index contributed by atoms with van der Waals surface area (Å²) in [6.45, 7) is 8.05. The molecule has 1 aromatic heterocycles. The first-order valence-corrected chi connectivity index (χ1v) is 4.84. The fourth-order valence-corrected chi connectivity index (χ4v) is 1.46. The zero-order valence-electron chi connectivity index (χ0n) is 9.45. The molecule has 0 aliphatic carbocycles. The molecule has 0 N–H and O–H groups in total. The van der Waals surface area contributed by atoms with Crippen LogP contribution in [0.2, 0.25) is 0 Å². The number of hydrogen-bond donors (Lipinski definition) is 0. The summed E-state index contributed by atoms with van der Waals surface area (Å²) in [5.74, 6) is 0.750. The standard InChI is InChI=1S/C12H16N2O/c1-9(2)8-14(4)12-11(10(3)15)6-5-7-13-12/h5-7H,1,8H2,2-4H3. The molecule has 0 unspecified atom stereocenters. The first-order valence-electron chi connectivity index (χ1n) is 4.84. The Morgan fingerprint density at radius 2 is 2.20 bits per heavy atom. The number of aromatic nitrogens is 1. The lowest BCUT2D eigenvalue weighted by atomic mass is 10.1. The van der Waals surface area contributed by atoms with Gasteiger partial charge in [-0.05, 0) is 26.0 Å². The maximum Gasteiger partial charge on any atom is 0.163 e. The largest absolute Gasteiger partial charge is 0.355 e. The monoisotopic (exact) mass is 204 g/mol. The number of carbonyl (C=O) groups is 1. The highest BCUT2D eigenvalue weighted by Crippen LogP contribution is 2.16. The zero-order valence-corrected chi connectivity index (χ0v) is 9.45. The summed E-state index contributed by atoms with van der Waals surface area (Å²) in [7, 11) is 1.91. The third-order valence-corrected chi connectivity index (χ3v) is 2.03. The smallest absolute Gasteiger partial charge is 0.163 e. The molecule has 0 amide bonds. The molecule has 3 heteroatoms. The lowest BCUT2D eigenvalue weighted by Gasteiger charge is -2.20. The number of anilines is 1. The lowest BCUT2D eigenvalue weighted by Crippen LogP contribution is -2.22. The van der Waals surface area contributed by atoms with Gasteiger partial charge in [-0.3, -0.25) is 4.79 Å². The molecule has 0 spiro atoms. The second-order valence-electron chi connectivity index (χ2n) is 3.74. The van der Waals surface area contributed by atoms with Gasteiger partial charge < -0.3 is 4.90 Å². The Bertz CT molecular complexity index is 385. The SMILES string of the molecule is C=C(C)CN(C)c1ncccc1C(C)=O. The molecule has 0 aromatic carbocycles. The highest BCUT2D eigenvalue weighted by atomic mass is 16.1. The highest BCUT2D eigenvalue weighted by Gasteiger charge is 2.11. The summed E-state index contributed by atoms with van der Waals surface area (Å²) in [6.07, 6.45) is 1.69. The van der Waals surface area contributed by atoms with Crippen LogP contribution >= 0.6 is 0 Å². The summed E-state index contributed by atoms with van der Waals surface area (Å²) in [6, 6.07) is 3.56. The van der Waals surface area contributed by atoms with Gasteiger partial charge in [0.15, 0.2) is 5.78 Å². The van der Waals surface area contributed by atoms with Crippen molar-refractivity contribution in [3.05, 3.63) is 36.0 Å². The number of likely N-dealkylation sites (N-methyl/N-ethyl adjacent to an activating group) is 1. The van der Waals surface area contributed by atoms with Crippen molar-refractivity contribution in [2.75, 3.05) is 18.5 Å². The Labute approximate surface area is 90.4 Å². The average molecular weight is 204 g/mol. The van der Waals surface area contributed by atoms with Gasteiger partial charge in [-0.15, -0.1) is 0 Å². The highest BCUT2D eigenvalue weighted by molar-refractivity contribution is 5.98. The van der Waals surface area contributed by atoms with E-state index in [9.17, 15) is 4.79 Å². The molecule has 0 saturated heterocycles. The molecule has 0 aliphatic rings. The van der Waals surface area contributed by atoms with E-state index in [1.54, 1.807) is 25.3 Å². The van der Waals surface area contributed by atoms with E-state index in [1.165, 1.54) is 0 Å². The van der Waals surface area contributed by atoms with Crippen molar-refractivity contribution in [3.63, 3.8) is 0 Å². The number of carbonyl (C=O) groups excluding carboxylic acids is 1. The van der Waals surface area contributed by atoms with Gasteiger partial charge in [0, 0.05) is 19.8 Å². The van der Waals surface area contributed by atoms with Crippen LogP contribution in [0.4, 0.5) is 5.82 Å². The zero-order chi connectivity index (χ0) is 11.4. The van der Waals surface area contributed by atoms with Crippen LogP contribution in [0.3, 0.4) is 0 Å². The second kappa shape index (κ2) is 4.73. The summed E-state index contributed by atoms with van der Waals surface area (Å²) < 4.78 is 0. The van der Waals surface area contributed by atoms with Crippen LogP contribution in [0.1, 0.15) is 24.2 Å². The van der Waals surface area contributed by atoms with Crippen LogP contribution in [0, 0.1) is 0 Å². The third-order valence-electron chi connectivity index (χ3n) is 2.03. The van der Waals surface area contributed by atoms with E-state index in [2.05, 4.69) is 11.6 Å². The molecule has 1 aromatic rings. The number of Topliss-reactive ketones (excluding diaryl/α,β-unsaturated/α-hetero) is 1. The van der Waals surface area contributed by atoms with E-state index in [-0.39, 0.29) is 5.78 Å². The Balaban J connectivity index is 3.02. The predicted octanol–water partition coefficient (Wildman–Crippen LogP) is 2.30. The van der Waals surface area contributed by atoms with E-state index < -0.39 is 0 Å². The van der Waals surface area contributed by atoms with Crippen molar-refractivity contribution in [1.29, 1.82) is 0 Å². The first kappa shape index (κ1) is 11.4. The summed E-state index contributed by atoms with van der Waals surface area (Å²) >= 11 is 0. The average Bonchev–Trinajstić information content (AvgIpc) is 2.16. The Morgan fingerprint density at radius 3 is 2.73 bits per heavy atom. The molecular formula is C12H16N2O. The van der Waals surface area contributed by atoms with E-state index >= 15 is 0 Å². The van der Waals surface area contributed by atoms with Gasteiger partial charge in [-0.25, -0.2) is 4.98 Å². The van der Waals surface area contributed by atoms with Crippen LogP contribution in [0.15, 0.2) is 30.5 Å². The van der Waals surface area contributed by atoms with E-state index in [0.717, 1.165) is 5.57 Å². The minimum absolute atomic E-state index is 0.0339. The minimum Gasteiger partial charge on any atom is -0.355 e. The van der Waals surface area contributed by atoms with Gasteiger partial charge in [0.1, 0.15) is 5.82 Å². The van der Waals surface area contributed by atoms with Crippen LogP contribution < -0.4 is 4.90 Å². The van der Waals surface area contributed by atoms with Crippen molar-refractivity contribution in [2.45, 2.75) is 13.8 Å². The van der Waals surface area contributed by atoms with Gasteiger partial charge in [-0.1, -0.05) is 12.2 Å². The van der Waals surface area contributed by atoms with Crippen molar-refractivity contribution in [3.8, 4) is 0 Å². The number of hydrogen-bond acceptors (Lipinski definition) is 3. The van der Waals surface area contributed by atoms with Crippen molar-refractivity contribution in [1.82, 2.24) is 4.98 Å². The van der Waals surface area contributed by atoms with Gasteiger partial charge >= 0.3 is 0 Å². The first-order chi connectivity index (χ1) is 7.02. The minimum atomic E-state index is 0.0339. The number of ketones is 1. The molecule has 0 atom stereocenters. The van der Waals surface area contributed by atoms with Crippen LogP contribution in [0.25, 0.3) is 0 Å². The lowest BCUT2D eigenvalue weighted by molar-refractivity contribution is 0.101. The van der Waals surface area contributed by atoms with Crippen molar-refractivity contribution >= 4 is 11.6 Å². The molecule has 0 radical (unpaired) electrons. The molecule has 0 fully saturated rings. The molecule has 1 rings (SSSR count). The van der Waals surface area contributed by atoms with Gasteiger partial charge in [0.2, 0.25) is 0 Å². The molecule has 0 bridgehead atoms. The predicted molar refractivity (Wildman–Crippen MR) is 62.3 cm³/mol. The van der Waals surface area contributed by atoms with Gasteiger partial charge in [0.25, 0.3) is 0 Å². The fraction of sp³-hybridized carbons (Fsp3) is 0.333. The molecule has 0 saturated carbocycles. The van der Waals surface area contributed by atoms with E-state index in [1.807, 2.05) is 18.9 Å². The maximum atomic E-state index is 11.4. The molecule has 80 valence electrons. The number of pyridine rings is 1. The summed E-state index contributed by atoms with van der Waals surface area (Å²) in [4.78, 5) is 17.5. The van der Waals surface area contributed by atoms with Crippen LogP contribution in [-0.2, 0) is 0 Å². The normalized spacial score (nSPS) is 9.80. The Hall–Kier alpha value is -1.64. The van der Waals surface area contributed by atoms with E-state index in [0.29, 0.717) is 17.9 Å². The quantitative estimate of drug-likeness (QED) is 0.557. The van der Waals surface area contributed by atoms with Crippen molar-refractivity contribution < 1.29 is 4.79 Å². The maximum absolute atomic E-state index is 11.4. The Morgan fingerprint density at radius 1 is 1.53 bits per heavy atom. The molecule has 15 heavy (non-hydrogen) atoms. The summed E-state index contributed by atoms with van der Waals surface area (Å²) in [5.41, 5.74) is 1.69. The molecule has 3 nitrogen and oxygen atoms in total. The third kappa shape index (κ3) is 2.91. The van der Waals surface area contributed by atoms with Gasteiger partial charge in [0.05, 0.1) is 5.56 Å². The second-order valence-corrected chi connectivity index (χ2v) is 3.74.